The van der Waals surface area contributed by atoms with Gasteiger partial charge in [0.2, 0.25) is 0 Å². The second-order valence-corrected chi connectivity index (χ2v) is 4.12. The van der Waals surface area contributed by atoms with E-state index in [-0.39, 0.29) is 6.04 Å². The predicted octanol–water partition coefficient (Wildman–Crippen LogP) is 1.97. The number of phenols is 1. The molecule has 0 aromatic heterocycles. The van der Waals surface area contributed by atoms with E-state index in [1.165, 1.54) is 0 Å². The lowest BCUT2D eigenvalue weighted by atomic mass is 10.1. The van der Waals surface area contributed by atoms with E-state index in [0.717, 1.165) is 16.5 Å². The number of nitrogens with two attached hydrogens (primary N) is 1. The second-order valence-electron chi connectivity index (χ2n) is 3.21. The number of hydrogen-bond acceptors (Lipinski definition) is 2. The molecule has 2 nitrogen and oxygen atoms in total. The van der Waals surface area contributed by atoms with Crippen LogP contribution in [0.4, 0.5) is 0 Å². The second kappa shape index (κ2) is 2.75. The third-order valence-corrected chi connectivity index (χ3v) is 2.73. The fourth-order valence-electron chi connectivity index (χ4n) is 1.40. The van der Waals surface area contributed by atoms with E-state index < -0.39 is 0 Å². The Kier molecular flexibility index (Phi) is 1.85. The van der Waals surface area contributed by atoms with Crippen LogP contribution in [-0.2, 0) is 0 Å². The van der Waals surface area contributed by atoms with Crippen molar-refractivity contribution in [3.63, 3.8) is 0 Å². The number of benzene rings is 1. The number of hydrogen-bond donors (Lipinski definition) is 2. The van der Waals surface area contributed by atoms with Gasteiger partial charge in [0.05, 0.1) is 0 Å². The van der Waals surface area contributed by atoms with Gasteiger partial charge in [0.15, 0.2) is 0 Å². The van der Waals surface area contributed by atoms with Gasteiger partial charge in [-0.15, -0.1) is 0 Å². The Bertz CT molecular complexity index is 313. The highest BCUT2D eigenvalue weighted by molar-refractivity contribution is 9.10. The summed E-state index contributed by atoms with van der Waals surface area (Å²) in [7, 11) is 0. The van der Waals surface area contributed by atoms with Crippen LogP contribution in [0.2, 0.25) is 0 Å². The third-order valence-electron chi connectivity index (χ3n) is 2.23. The van der Waals surface area contributed by atoms with E-state index in [2.05, 4.69) is 15.9 Å². The largest absolute Gasteiger partial charge is 0.508 e. The van der Waals surface area contributed by atoms with Crippen molar-refractivity contribution in [2.24, 2.45) is 5.73 Å². The molecule has 1 aliphatic rings. The van der Waals surface area contributed by atoms with Crippen LogP contribution in [0, 0.1) is 0 Å². The number of phenolic OH excluding ortho intramolecular Hbond substituents is 1. The van der Waals surface area contributed by atoms with E-state index >= 15 is 0 Å². The van der Waals surface area contributed by atoms with Crippen molar-refractivity contribution in [1.29, 1.82) is 0 Å². The Morgan fingerprint density at radius 2 is 2.17 bits per heavy atom. The molecule has 2 atom stereocenters. The maximum absolute atomic E-state index is 9.53. The molecule has 0 spiro atoms. The minimum atomic E-state index is 0.247. The van der Waals surface area contributed by atoms with E-state index in [9.17, 15) is 5.11 Å². The minimum absolute atomic E-state index is 0.247. The first kappa shape index (κ1) is 8.08. The van der Waals surface area contributed by atoms with Crippen LogP contribution in [0.15, 0.2) is 22.7 Å². The zero-order valence-corrected chi connectivity index (χ0v) is 8.08. The SMILES string of the molecule is NC1CC1c1ccc(Br)cc1O. The lowest BCUT2D eigenvalue weighted by Gasteiger charge is -2.02. The molecule has 1 aliphatic carbocycles. The molecule has 0 aliphatic heterocycles. The van der Waals surface area contributed by atoms with Crippen LogP contribution in [0.5, 0.6) is 5.75 Å². The lowest BCUT2D eigenvalue weighted by molar-refractivity contribution is 0.467. The summed E-state index contributed by atoms with van der Waals surface area (Å²) in [5.74, 6) is 0.723. The molecule has 0 saturated heterocycles. The monoisotopic (exact) mass is 227 g/mol. The molecule has 1 fully saturated rings. The topological polar surface area (TPSA) is 46.2 Å². The van der Waals surface area contributed by atoms with Crippen LogP contribution >= 0.6 is 15.9 Å². The molecule has 1 saturated carbocycles. The summed E-state index contributed by atoms with van der Waals surface area (Å²) in [6, 6.07) is 5.81. The summed E-state index contributed by atoms with van der Waals surface area (Å²) in [6.07, 6.45) is 0.995. The number of halogens is 1. The fraction of sp³-hybridized carbons (Fsp3) is 0.333. The first-order valence-corrected chi connectivity index (χ1v) is 4.72. The molecule has 1 aromatic rings. The van der Waals surface area contributed by atoms with Gasteiger partial charge >= 0.3 is 0 Å². The third kappa shape index (κ3) is 1.34. The van der Waals surface area contributed by atoms with Crippen molar-refractivity contribution in [3.05, 3.63) is 28.2 Å². The molecule has 64 valence electrons. The minimum Gasteiger partial charge on any atom is -0.508 e. The van der Waals surface area contributed by atoms with E-state index in [1.54, 1.807) is 6.07 Å². The molecule has 2 rings (SSSR count). The summed E-state index contributed by atoms with van der Waals surface area (Å²) < 4.78 is 0.901. The van der Waals surface area contributed by atoms with Crippen molar-refractivity contribution >= 4 is 15.9 Å². The molecule has 0 amide bonds. The summed E-state index contributed by atoms with van der Waals surface area (Å²) in [6.45, 7) is 0. The van der Waals surface area contributed by atoms with Gasteiger partial charge in [0.25, 0.3) is 0 Å². The fourth-order valence-corrected chi connectivity index (χ4v) is 1.75. The Morgan fingerprint density at radius 1 is 1.50 bits per heavy atom. The van der Waals surface area contributed by atoms with Crippen LogP contribution in [0.1, 0.15) is 17.9 Å². The van der Waals surface area contributed by atoms with Gasteiger partial charge < -0.3 is 10.8 Å². The van der Waals surface area contributed by atoms with Crippen LogP contribution < -0.4 is 5.73 Å². The Labute approximate surface area is 79.5 Å². The van der Waals surface area contributed by atoms with E-state index in [1.807, 2.05) is 12.1 Å². The Morgan fingerprint density at radius 3 is 2.67 bits per heavy atom. The highest BCUT2D eigenvalue weighted by atomic mass is 79.9. The van der Waals surface area contributed by atoms with Gasteiger partial charge in [0.1, 0.15) is 5.75 Å². The van der Waals surface area contributed by atoms with Gasteiger partial charge in [-0.2, -0.15) is 0 Å². The smallest absolute Gasteiger partial charge is 0.120 e. The highest BCUT2D eigenvalue weighted by Crippen LogP contribution is 2.43. The molecular weight excluding hydrogens is 218 g/mol. The average molecular weight is 228 g/mol. The molecule has 0 radical (unpaired) electrons. The number of rotatable bonds is 1. The lowest BCUT2D eigenvalue weighted by Crippen LogP contribution is -2.00. The summed E-state index contributed by atoms with van der Waals surface area (Å²) in [4.78, 5) is 0. The maximum atomic E-state index is 9.53. The van der Waals surface area contributed by atoms with Crippen molar-refractivity contribution in [3.8, 4) is 5.75 Å². The van der Waals surface area contributed by atoms with Crippen molar-refractivity contribution < 1.29 is 5.11 Å². The highest BCUT2D eigenvalue weighted by Gasteiger charge is 2.36. The van der Waals surface area contributed by atoms with Crippen molar-refractivity contribution in [2.45, 2.75) is 18.4 Å². The molecule has 12 heavy (non-hydrogen) atoms. The standard InChI is InChI=1S/C9H10BrNO/c10-5-1-2-6(9(12)3-5)7-4-8(7)11/h1-3,7-8,12H,4,11H2. The Balaban J connectivity index is 2.33. The average Bonchev–Trinajstić information content (AvgIpc) is 2.66. The van der Waals surface area contributed by atoms with Gasteiger partial charge in [-0.1, -0.05) is 22.0 Å². The Hall–Kier alpha value is -0.540. The molecule has 3 heteroatoms. The molecule has 1 aromatic carbocycles. The number of aromatic hydroxyl groups is 1. The van der Waals surface area contributed by atoms with E-state index in [4.69, 9.17) is 5.73 Å². The van der Waals surface area contributed by atoms with Gasteiger partial charge in [0, 0.05) is 16.4 Å². The summed E-state index contributed by atoms with van der Waals surface area (Å²) in [5.41, 5.74) is 6.66. The first-order valence-electron chi connectivity index (χ1n) is 3.92. The maximum Gasteiger partial charge on any atom is 0.120 e. The van der Waals surface area contributed by atoms with E-state index in [0.29, 0.717) is 11.7 Å². The zero-order chi connectivity index (χ0) is 8.72. The molecule has 0 bridgehead atoms. The first-order chi connectivity index (χ1) is 5.68. The summed E-state index contributed by atoms with van der Waals surface area (Å²) in [5, 5.41) is 9.53. The van der Waals surface area contributed by atoms with Gasteiger partial charge in [-0.25, -0.2) is 0 Å². The van der Waals surface area contributed by atoms with Crippen LogP contribution in [-0.4, -0.2) is 11.1 Å². The van der Waals surface area contributed by atoms with Crippen LogP contribution in [0.3, 0.4) is 0 Å². The predicted molar refractivity (Wildman–Crippen MR) is 51.1 cm³/mol. The molecule has 0 heterocycles. The molecule has 3 N–H and O–H groups in total. The van der Waals surface area contributed by atoms with Crippen LogP contribution in [0.25, 0.3) is 0 Å². The van der Waals surface area contributed by atoms with Crippen molar-refractivity contribution in [1.82, 2.24) is 0 Å². The van der Waals surface area contributed by atoms with Crippen molar-refractivity contribution in [2.75, 3.05) is 0 Å². The van der Waals surface area contributed by atoms with Gasteiger partial charge in [-0.05, 0) is 24.1 Å². The summed E-state index contributed by atoms with van der Waals surface area (Å²) >= 11 is 3.29. The molecular formula is C9H10BrNO. The normalized spacial score (nSPS) is 27.2. The zero-order valence-electron chi connectivity index (χ0n) is 6.50. The van der Waals surface area contributed by atoms with Gasteiger partial charge in [-0.3, -0.25) is 0 Å². The quantitative estimate of drug-likeness (QED) is 0.771. The molecule has 2 unspecified atom stereocenters.